The molecule has 0 unspecified atom stereocenters. The predicted molar refractivity (Wildman–Crippen MR) is 85.1 cm³/mol. The highest BCUT2D eigenvalue weighted by molar-refractivity contribution is 6.30. The quantitative estimate of drug-likeness (QED) is 0.866. The third kappa shape index (κ3) is 3.45. The number of carbonyl (C=O) groups is 1. The number of hydrogen-bond donors (Lipinski definition) is 0. The summed E-state index contributed by atoms with van der Waals surface area (Å²) >= 11 is 6.01. The van der Waals surface area contributed by atoms with Gasteiger partial charge in [-0.25, -0.2) is 4.68 Å². The van der Waals surface area contributed by atoms with Crippen molar-refractivity contribution in [2.45, 2.75) is 20.8 Å². The molecule has 0 radical (unpaired) electrons. The topological polar surface area (TPSA) is 38.1 Å². The Balaban J connectivity index is 2.31. The average Bonchev–Trinajstić information content (AvgIpc) is 2.79. The van der Waals surface area contributed by atoms with Crippen LogP contribution in [-0.2, 0) is 0 Å². The van der Waals surface area contributed by atoms with Gasteiger partial charge in [-0.2, -0.15) is 5.10 Å². The lowest BCUT2D eigenvalue weighted by atomic mass is 10.2. The maximum Gasteiger partial charge on any atom is 0.257 e. The van der Waals surface area contributed by atoms with E-state index in [4.69, 9.17) is 11.6 Å². The summed E-state index contributed by atoms with van der Waals surface area (Å²) in [6.07, 6.45) is 1.62. The van der Waals surface area contributed by atoms with Crippen LogP contribution in [0.25, 0.3) is 5.69 Å². The van der Waals surface area contributed by atoms with Gasteiger partial charge < -0.3 is 4.90 Å². The predicted octanol–water partition coefficient (Wildman–Crippen LogP) is 3.56. The van der Waals surface area contributed by atoms with Crippen LogP contribution in [0.1, 0.15) is 29.9 Å². The van der Waals surface area contributed by atoms with Gasteiger partial charge in [-0.15, -0.1) is 0 Å². The standard InChI is InChI=1S/C16H20ClN3O/c1-11(2)10-19(4)16(21)15-9-18-20(12(15)3)14-7-5-6-13(17)8-14/h5-9,11H,10H2,1-4H3. The fourth-order valence-electron chi connectivity index (χ4n) is 2.32. The SMILES string of the molecule is Cc1c(C(=O)N(C)CC(C)C)cnn1-c1cccc(Cl)c1. The molecule has 0 aliphatic heterocycles. The zero-order valence-corrected chi connectivity index (χ0v) is 13.6. The molecule has 0 atom stereocenters. The van der Waals surface area contributed by atoms with E-state index in [0.29, 0.717) is 16.5 Å². The fourth-order valence-corrected chi connectivity index (χ4v) is 2.51. The first-order valence-electron chi connectivity index (χ1n) is 6.96. The molecule has 0 saturated heterocycles. The Kier molecular flexibility index (Phi) is 4.68. The Morgan fingerprint density at radius 2 is 2.14 bits per heavy atom. The monoisotopic (exact) mass is 305 g/mol. The molecule has 4 nitrogen and oxygen atoms in total. The van der Waals surface area contributed by atoms with Crippen LogP contribution < -0.4 is 0 Å². The number of halogens is 1. The number of rotatable bonds is 4. The number of amides is 1. The maximum absolute atomic E-state index is 12.5. The summed E-state index contributed by atoms with van der Waals surface area (Å²) in [5.74, 6) is 0.428. The molecule has 1 heterocycles. The summed E-state index contributed by atoms with van der Waals surface area (Å²) in [4.78, 5) is 14.2. The zero-order chi connectivity index (χ0) is 15.6. The first-order chi connectivity index (χ1) is 9.90. The molecule has 0 saturated carbocycles. The van der Waals surface area contributed by atoms with Crippen molar-refractivity contribution in [3.8, 4) is 5.69 Å². The minimum absolute atomic E-state index is 0.00511. The lowest BCUT2D eigenvalue weighted by molar-refractivity contribution is 0.0778. The Morgan fingerprint density at radius 3 is 2.76 bits per heavy atom. The van der Waals surface area contributed by atoms with Gasteiger partial charge in [0.05, 0.1) is 23.1 Å². The van der Waals surface area contributed by atoms with E-state index in [9.17, 15) is 4.79 Å². The van der Waals surface area contributed by atoms with Crippen molar-refractivity contribution in [1.82, 2.24) is 14.7 Å². The fraction of sp³-hybridized carbons (Fsp3) is 0.375. The first kappa shape index (κ1) is 15.6. The van der Waals surface area contributed by atoms with E-state index in [1.807, 2.05) is 38.2 Å². The third-order valence-corrected chi connectivity index (χ3v) is 3.51. The van der Waals surface area contributed by atoms with Crippen LogP contribution >= 0.6 is 11.6 Å². The molecule has 1 amide bonds. The van der Waals surface area contributed by atoms with E-state index < -0.39 is 0 Å². The van der Waals surface area contributed by atoms with Crippen molar-refractivity contribution in [2.24, 2.45) is 5.92 Å². The second-order valence-corrected chi connectivity index (χ2v) is 6.05. The summed E-state index contributed by atoms with van der Waals surface area (Å²) in [5.41, 5.74) is 2.29. The van der Waals surface area contributed by atoms with E-state index >= 15 is 0 Å². The normalized spacial score (nSPS) is 11.0. The van der Waals surface area contributed by atoms with Gasteiger partial charge in [-0.1, -0.05) is 31.5 Å². The van der Waals surface area contributed by atoms with Crippen LogP contribution in [0.4, 0.5) is 0 Å². The molecule has 0 aliphatic carbocycles. The molecule has 2 rings (SSSR count). The summed E-state index contributed by atoms with van der Waals surface area (Å²) in [6.45, 7) is 6.79. The Morgan fingerprint density at radius 1 is 1.43 bits per heavy atom. The van der Waals surface area contributed by atoms with E-state index in [1.54, 1.807) is 15.8 Å². The molecule has 0 bridgehead atoms. The Bertz CT molecular complexity index is 649. The molecule has 0 aliphatic rings. The molecule has 5 heteroatoms. The van der Waals surface area contributed by atoms with E-state index in [1.165, 1.54) is 0 Å². The molecule has 0 spiro atoms. The summed E-state index contributed by atoms with van der Waals surface area (Å²) in [5, 5.41) is 4.97. The van der Waals surface area contributed by atoms with Gasteiger partial charge in [0.25, 0.3) is 5.91 Å². The van der Waals surface area contributed by atoms with E-state index in [-0.39, 0.29) is 5.91 Å². The second kappa shape index (κ2) is 6.31. The van der Waals surface area contributed by atoms with E-state index in [2.05, 4.69) is 18.9 Å². The molecular formula is C16H20ClN3O. The molecule has 2 aromatic rings. The van der Waals surface area contributed by atoms with Crippen LogP contribution in [0.5, 0.6) is 0 Å². The van der Waals surface area contributed by atoms with Crippen molar-refractivity contribution < 1.29 is 4.79 Å². The highest BCUT2D eigenvalue weighted by Gasteiger charge is 2.19. The number of nitrogens with zero attached hydrogens (tertiary/aromatic N) is 3. The van der Waals surface area contributed by atoms with Gasteiger partial charge in [-0.3, -0.25) is 4.79 Å². The molecule has 1 aromatic carbocycles. The van der Waals surface area contributed by atoms with Crippen molar-refractivity contribution in [1.29, 1.82) is 0 Å². The van der Waals surface area contributed by atoms with Crippen LogP contribution in [0.15, 0.2) is 30.5 Å². The third-order valence-electron chi connectivity index (χ3n) is 3.28. The van der Waals surface area contributed by atoms with Crippen LogP contribution in [0.2, 0.25) is 5.02 Å². The van der Waals surface area contributed by atoms with Gasteiger partial charge >= 0.3 is 0 Å². The molecule has 0 fully saturated rings. The lowest BCUT2D eigenvalue weighted by Crippen LogP contribution is -2.30. The zero-order valence-electron chi connectivity index (χ0n) is 12.8. The largest absolute Gasteiger partial charge is 0.341 e. The number of hydrogen-bond acceptors (Lipinski definition) is 2. The smallest absolute Gasteiger partial charge is 0.257 e. The highest BCUT2D eigenvalue weighted by Crippen LogP contribution is 2.19. The average molecular weight is 306 g/mol. The molecular weight excluding hydrogens is 286 g/mol. The minimum atomic E-state index is -0.00511. The summed E-state index contributed by atoms with van der Waals surface area (Å²) in [7, 11) is 1.82. The van der Waals surface area contributed by atoms with Gasteiger partial charge in [0.1, 0.15) is 0 Å². The molecule has 0 N–H and O–H groups in total. The van der Waals surface area contributed by atoms with Crippen molar-refractivity contribution in [3.63, 3.8) is 0 Å². The molecule has 112 valence electrons. The Labute approximate surface area is 130 Å². The molecule has 1 aromatic heterocycles. The van der Waals surface area contributed by atoms with Crippen LogP contribution in [0.3, 0.4) is 0 Å². The van der Waals surface area contributed by atoms with Crippen molar-refractivity contribution in [3.05, 3.63) is 46.7 Å². The van der Waals surface area contributed by atoms with Crippen molar-refractivity contribution >= 4 is 17.5 Å². The van der Waals surface area contributed by atoms with Gasteiger partial charge in [-0.05, 0) is 31.0 Å². The number of aromatic nitrogens is 2. The second-order valence-electron chi connectivity index (χ2n) is 5.61. The number of benzene rings is 1. The maximum atomic E-state index is 12.5. The summed E-state index contributed by atoms with van der Waals surface area (Å²) in [6, 6.07) is 7.42. The lowest BCUT2D eigenvalue weighted by Gasteiger charge is -2.19. The van der Waals surface area contributed by atoms with Crippen molar-refractivity contribution in [2.75, 3.05) is 13.6 Å². The first-order valence-corrected chi connectivity index (χ1v) is 7.34. The van der Waals surface area contributed by atoms with Crippen LogP contribution in [-0.4, -0.2) is 34.2 Å². The van der Waals surface area contributed by atoms with Gasteiger partial charge in [0.2, 0.25) is 0 Å². The minimum Gasteiger partial charge on any atom is -0.341 e. The Hall–Kier alpha value is -1.81. The van der Waals surface area contributed by atoms with Crippen LogP contribution in [0, 0.1) is 12.8 Å². The van der Waals surface area contributed by atoms with E-state index in [0.717, 1.165) is 17.9 Å². The summed E-state index contributed by atoms with van der Waals surface area (Å²) < 4.78 is 1.74. The number of carbonyl (C=O) groups excluding carboxylic acids is 1. The van der Waals surface area contributed by atoms with Gasteiger partial charge in [0, 0.05) is 18.6 Å². The molecule has 21 heavy (non-hydrogen) atoms. The highest BCUT2D eigenvalue weighted by atomic mass is 35.5. The van der Waals surface area contributed by atoms with Gasteiger partial charge in [0.15, 0.2) is 0 Å².